The third-order valence-corrected chi connectivity index (χ3v) is 6.62. The highest BCUT2D eigenvalue weighted by Crippen LogP contribution is 2.63. The number of piperidine rings is 1. The van der Waals surface area contributed by atoms with Gasteiger partial charge in [0.25, 0.3) is 0 Å². The fourth-order valence-electron chi connectivity index (χ4n) is 5.75. The molecule has 2 fully saturated rings. The highest BCUT2D eigenvalue weighted by atomic mass is 16.6. The molecule has 2 aliphatic carbocycles. The van der Waals surface area contributed by atoms with Crippen LogP contribution in [0.5, 0.6) is 11.5 Å². The van der Waals surface area contributed by atoms with Gasteiger partial charge in [-0.1, -0.05) is 6.07 Å². The number of nitrogens with zero attached hydrogens (tertiary/aromatic N) is 1. The second-order valence-corrected chi connectivity index (χ2v) is 7.67. The number of carbonyl (C=O) groups is 2. The number of hydrogen-bond donors (Lipinski definition) is 0. The number of rotatable bonds is 1. The lowest BCUT2D eigenvalue weighted by atomic mass is 9.52. The predicted molar refractivity (Wildman–Crippen MR) is 86.3 cm³/mol. The minimum absolute atomic E-state index is 0.201. The summed E-state index contributed by atoms with van der Waals surface area (Å²) in [7, 11) is 2.19. The van der Waals surface area contributed by atoms with Crippen molar-refractivity contribution in [2.75, 3.05) is 13.6 Å². The molecule has 1 aromatic carbocycles. The number of ether oxygens (including phenoxy) is 2. The van der Waals surface area contributed by atoms with Crippen molar-refractivity contribution < 1.29 is 19.1 Å². The maximum atomic E-state index is 12.7. The van der Waals surface area contributed by atoms with Gasteiger partial charge in [0.1, 0.15) is 0 Å². The third kappa shape index (κ3) is 1.59. The van der Waals surface area contributed by atoms with Gasteiger partial charge in [-0.3, -0.25) is 9.59 Å². The van der Waals surface area contributed by atoms with Gasteiger partial charge in [0.15, 0.2) is 23.4 Å². The van der Waals surface area contributed by atoms with E-state index in [1.54, 1.807) is 0 Å². The van der Waals surface area contributed by atoms with Crippen molar-refractivity contribution in [1.29, 1.82) is 0 Å². The molecule has 2 bridgehead atoms. The molecule has 0 amide bonds. The second kappa shape index (κ2) is 4.60. The first-order valence-electron chi connectivity index (χ1n) is 8.77. The van der Waals surface area contributed by atoms with Crippen molar-refractivity contribution >= 4 is 11.8 Å². The summed E-state index contributed by atoms with van der Waals surface area (Å²) in [5.74, 6) is 1.40. The Hall–Kier alpha value is -1.88. The van der Waals surface area contributed by atoms with E-state index in [-0.39, 0.29) is 17.2 Å². The van der Waals surface area contributed by atoms with Gasteiger partial charge < -0.3 is 14.4 Å². The maximum absolute atomic E-state index is 12.7. The molecule has 4 aliphatic rings. The summed E-state index contributed by atoms with van der Waals surface area (Å²) in [5.41, 5.74) is 2.20. The van der Waals surface area contributed by atoms with E-state index >= 15 is 0 Å². The Kier molecular flexibility index (Phi) is 2.77. The smallest absolute Gasteiger partial charge is 0.308 e. The highest BCUT2D eigenvalue weighted by molar-refractivity contribution is 5.89. The average Bonchev–Trinajstić information content (AvgIpc) is 2.89. The van der Waals surface area contributed by atoms with E-state index < -0.39 is 6.10 Å². The minimum Gasteiger partial charge on any atom is -0.477 e. The molecule has 0 radical (unpaired) electrons. The van der Waals surface area contributed by atoms with Crippen LogP contribution in [0.25, 0.3) is 0 Å². The summed E-state index contributed by atoms with van der Waals surface area (Å²) in [6.45, 7) is 2.37. The molecule has 1 saturated heterocycles. The highest BCUT2D eigenvalue weighted by Gasteiger charge is 2.65. The number of carbonyl (C=O) groups excluding carboxylic acids is 2. The summed E-state index contributed by atoms with van der Waals surface area (Å²) < 4.78 is 11.6. The van der Waals surface area contributed by atoms with Crippen LogP contribution in [-0.2, 0) is 21.4 Å². The van der Waals surface area contributed by atoms with Crippen LogP contribution in [-0.4, -0.2) is 42.4 Å². The lowest BCUT2D eigenvalue weighted by Crippen LogP contribution is -2.65. The van der Waals surface area contributed by atoms with Gasteiger partial charge in [-0.15, -0.1) is 0 Å². The van der Waals surface area contributed by atoms with Crippen molar-refractivity contribution in [3.05, 3.63) is 23.3 Å². The van der Waals surface area contributed by atoms with Crippen molar-refractivity contribution in [2.24, 2.45) is 5.92 Å². The first-order valence-corrected chi connectivity index (χ1v) is 8.77. The number of benzene rings is 1. The van der Waals surface area contributed by atoms with E-state index in [1.807, 2.05) is 6.07 Å². The second-order valence-electron chi connectivity index (χ2n) is 7.67. The summed E-state index contributed by atoms with van der Waals surface area (Å²) in [5, 5.41) is 0. The number of ketones is 1. The predicted octanol–water partition coefficient (Wildman–Crippen LogP) is 1.85. The number of likely N-dealkylation sites (tertiary alicyclic amines) is 1. The SMILES string of the molecule is CC(=O)Oc1ccc2c3c1OC1C(=O)CC[C@H]4[C@@H](C2)N(C)CC[C@]314. The van der Waals surface area contributed by atoms with Gasteiger partial charge in [-0.2, -0.15) is 0 Å². The summed E-state index contributed by atoms with van der Waals surface area (Å²) in [4.78, 5) is 26.6. The van der Waals surface area contributed by atoms with Gasteiger partial charge in [0.2, 0.25) is 0 Å². The fraction of sp³-hybridized carbons (Fsp3) is 0.579. The first-order chi connectivity index (χ1) is 11.5. The Morgan fingerprint density at radius 2 is 2.25 bits per heavy atom. The molecule has 5 heteroatoms. The van der Waals surface area contributed by atoms with Gasteiger partial charge in [0, 0.05) is 30.4 Å². The average molecular weight is 327 g/mol. The lowest BCUT2D eigenvalue weighted by Gasteiger charge is -2.57. The van der Waals surface area contributed by atoms with E-state index in [0.29, 0.717) is 29.9 Å². The zero-order valence-corrected chi connectivity index (χ0v) is 14.0. The third-order valence-electron chi connectivity index (χ3n) is 6.62. The van der Waals surface area contributed by atoms with Crippen LogP contribution < -0.4 is 9.47 Å². The molecule has 1 unspecified atom stereocenters. The molecule has 5 nitrogen and oxygen atoms in total. The van der Waals surface area contributed by atoms with Gasteiger partial charge >= 0.3 is 5.97 Å². The number of Topliss-reactive ketones (excluding diaryl/α,β-unsaturated/α-hetero) is 1. The fourth-order valence-corrected chi connectivity index (χ4v) is 5.75. The van der Waals surface area contributed by atoms with E-state index in [1.165, 1.54) is 12.5 Å². The van der Waals surface area contributed by atoms with Crippen molar-refractivity contribution in [3.63, 3.8) is 0 Å². The van der Waals surface area contributed by atoms with Crippen LogP contribution in [0, 0.1) is 5.92 Å². The molecule has 1 aromatic rings. The largest absolute Gasteiger partial charge is 0.477 e. The van der Waals surface area contributed by atoms with Crippen LogP contribution in [0.2, 0.25) is 0 Å². The standard InChI is InChI=1S/C19H21NO4/c1-10(21)23-15-6-3-11-9-13-12-4-5-14(22)18-19(12,7-8-20(13)2)16(11)17(15)24-18/h3,6,12-13,18H,4-5,7-9H2,1-2H3/t12-,13+,18?,19-/m0/s1. The van der Waals surface area contributed by atoms with Crippen LogP contribution in [0.4, 0.5) is 0 Å². The van der Waals surface area contributed by atoms with Crippen LogP contribution >= 0.6 is 0 Å². The Morgan fingerprint density at radius 3 is 3.04 bits per heavy atom. The number of likely N-dealkylation sites (N-methyl/N-ethyl adjacent to an activating group) is 1. The molecular formula is C19H21NO4. The zero-order chi connectivity index (χ0) is 16.6. The van der Waals surface area contributed by atoms with Crippen LogP contribution in [0.1, 0.15) is 37.3 Å². The molecule has 5 rings (SSSR count). The van der Waals surface area contributed by atoms with Crippen molar-refractivity contribution in [3.8, 4) is 11.5 Å². The molecule has 0 aromatic heterocycles. The van der Waals surface area contributed by atoms with E-state index in [4.69, 9.17) is 9.47 Å². The van der Waals surface area contributed by atoms with Crippen molar-refractivity contribution in [2.45, 2.75) is 50.2 Å². The molecule has 126 valence electrons. The molecule has 1 spiro atoms. The summed E-state index contributed by atoms with van der Waals surface area (Å²) >= 11 is 0. The van der Waals surface area contributed by atoms with Crippen molar-refractivity contribution in [1.82, 2.24) is 4.90 Å². The normalized spacial score (nSPS) is 36.1. The van der Waals surface area contributed by atoms with Crippen LogP contribution in [0.15, 0.2) is 12.1 Å². The first kappa shape index (κ1) is 14.5. The molecule has 2 aliphatic heterocycles. The molecular weight excluding hydrogens is 306 g/mol. The molecule has 24 heavy (non-hydrogen) atoms. The Morgan fingerprint density at radius 1 is 1.42 bits per heavy atom. The minimum atomic E-state index is -0.404. The van der Waals surface area contributed by atoms with Crippen LogP contribution in [0.3, 0.4) is 0 Å². The number of esters is 1. The molecule has 4 atom stereocenters. The van der Waals surface area contributed by atoms with Gasteiger partial charge in [-0.05, 0) is 50.4 Å². The topological polar surface area (TPSA) is 55.8 Å². The Balaban J connectivity index is 1.76. The zero-order valence-electron chi connectivity index (χ0n) is 14.0. The quantitative estimate of drug-likeness (QED) is 0.582. The van der Waals surface area contributed by atoms with Gasteiger partial charge in [-0.25, -0.2) is 0 Å². The van der Waals surface area contributed by atoms with Gasteiger partial charge in [0.05, 0.1) is 0 Å². The van der Waals surface area contributed by atoms with E-state index in [2.05, 4.69) is 18.0 Å². The molecule has 2 heterocycles. The molecule has 0 N–H and O–H groups in total. The Labute approximate surface area is 140 Å². The van der Waals surface area contributed by atoms with E-state index in [9.17, 15) is 9.59 Å². The summed E-state index contributed by atoms with van der Waals surface area (Å²) in [6, 6.07) is 4.35. The Bertz CT molecular complexity index is 773. The summed E-state index contributed by atoms with van der Waals surface area (Å²) in [6.07, 6.45) is 3.04. The lowest BCUT2D eigenvalue weighted by molar-refractivity contribution is -0.138. The maximum Gasteiger partial charge on any atom is 0.308 e. The van der Waals surface area contributed by atoms with E-state index in [0.717, 1.165) is 31.4 Å². The molecule has 1 saturated carbocycles. The number of hydrogen-bond acceptors (Lipinski definition) is 5. The monoisotopic (exact) mass is 327 g/mol.